The number of aromatic hydroxyl groups is 1. The fraction of sp³-hybridized carbons (Fsp3) is 0.333. The number of methoxy groups -OCH3 is 1. The fourth-order valence-electron chi connectivity index (χ4n) is 2.95. The lowest BCUT2D eigenvalue weighted by atomic mass is 10.1. The maximum absolute atomic E-state index is 9.16. The molecule has 0 saturated heterocycles. The third-order valence-corrected chi connectivity index (χ3v) is 4.11. The van der Waals surface area contributed by atoms with Crippen LogP contribution in [-0.4, -0.2) is 24.2 Å². The quantitative estimate of drug-likeness (QED) is 0.849. The highest BCUT2D eigenvalue weighted by Gasteiger charge is 2.14. The van der Waals surface area contributed by atoms with Gasteiger partial charge >= 0.3 is 0 Å². The number of nitrogens with one attached hydrogen (secondary N) is 1. The van der Waals surface area contributed by atoms with E-state index >= 15 is 0 Å². The average molecular weight is 298 g/mol. The minimum absolute atomic E-state index is 0.374. The van der Waals surface area contributed by atoms with Crippen molar-refractivity contribution in [3.8, 4) is 11.5 Å². The van der Waals surface area contributed by atoms with Gasteiger partial charge in [0.25, 0.3) is 0 Å². The van der Waals surface area contributed by atoms with Crippen LogP contribution in [0.25, 0.3) is 0 Å². The van der Waals surface area contributed by atoms with Gasteiger partial charge in [-0.25, -0.2) is 0 Å². The molecule has 0 radical (unpaired) electrons. The van der Waals surface area contributed by atoms with Crippen molar-refractivity contribution in [2.75, 3.05) is 14.2 Å². The molecule has 0 aromatic heterocycles. The molecular weight excluding hydrogens is 276 g/mol. The molecule has 0 unspecified atom stereocenters. The Labute approximate surface area is 131 Å². The number of rotatable bonds is 1. The summed E-state index contributed by atoms with van der Waals surface area (Å²) in [4.78, 5) is 2.23. The summed E-state index contributed by atoms with van der Waals surface area (Å²) in [5.74, 6) is 1.33. The molecule has 0 aliphatic carbocycles. The normalized spacial score (nSPS) is 15.7. The van der Waals surface area contributed by atoms with E-state index in [2.05, 4.69) is 29.4 Å². The largest absolute Gasteiger partial charge is 0.508 e. The molecule has 2 aliphatic heterocycles. The third-order valence-electron chi connectivity index (χ3n) is 4.11. The fourth-order valence-corrected chi connectivity index (χ4v) is 2.95. The summed E-state index contributed by atoms with van der Waals surface area (Å²) in [7, 11) is 3.78. The lowest BCUT2D eigenvalue weighted by molar-refractivity contribution is 0.353. The molecular formula is C18H22N2O2. The summed E-state index contributed by atoms with van der Waals surface area (Å²) < 4.78 is 5.11. The Morgan fingerprint density at radius 1 is 0.955 bits per heavy atom. The van der Waals surface area contributed by atoms with E-state index in [1.807, 2.05) is 18.2 Å². The zero-order chi connectivity index (χ0) is 15.5. The van der Waals surface area contributed by atoms with E-state index in [9.17, 15) is 0 Å². The maximum Gasteiger partial charge on any atom is 0.119 e. The zero-order valence-corrected chi connectivity index (χ0v) is 13.1. The molecule has 116 valence electrons. The molecule has 2 aliphatic rings. The van der Waals surface area contributed by atoms with Crippen LogP contribution in [0.1, 0.15) is 22.3 Å². The van der Waals surface area contributed by atoms with E-state index in [1.165, 1.54) is 22.3 Å². The minimum atomic E-state index is 0.374. The number of ether oxygens (including phenoxy) is 1. The van der Waals surface area contributed by atoms with Gasteiger partial charge in [0, 0.05) is 26.2 Å². The van der Waals surface area contributed by atoms with Crippen molar-refractivity contribution in [3.05, 3.63) is 58.7 Å². The molecule has 0 atom stereocenters. The lowest BCUT2D eigenvalue weighted by Gasteiger charge is -2.02. The van der Waals surface area contributed by atoms with Crippen LogP contribution in [0.5, 0.6) is 11.5 Å². The second-order valence-electron chi connectivity index (χ2n) is 5.86. The van der Waals surface area contributed by atoms with E-state index in [0.717, 1.165) is 31.9 Å². The monoisotopic (exact) mass is 298 g/mol. The van der Waals surface area contributed by atoms with E-state index in [0.29, 0.717) is 5.75 Å². The van der Waals surface area contributed by atoms with Crippen LogP contribution in [0.3, 0.4) is 0 Å². The summed E-state index contributed by atoms with van der Waals surface area (Å²) >= 11 is 0. The van der Waals surface area contributed by atoms with Crippen molar-refractivity contribution in [2.45, 2.75) is 26.2 Å². The number of phenols is 1. The van der Waals surface area contributed by atoms with Gasteiger partial charge in [-0.3, -0.25) is 4.90 Å². The van der Waals surface area contributed by atoms with Gasteiger partial charge in [0.15, 0.2) is 0 Å². The standard InChI is InChI=1S/2C9H11NO/c1-11-9-3-2-7-5-10-6-8(7)4-9;1-10-5-7-2-3-9(11)4-8(7)6-10/h2-4,10H,5-6H2,1H3;2-4,11H,5-6H2,1H3. The van der Waals surface area contributed by atoms with Gasteiger partial charge in [0.2, 0.25) is 0 Å². The van der Waals surface area contributed by atoms with Gasteiger partial charge in [0.1, 0.15) is 11.5 Å². The first kappa shape index (κ1) is 14.9. The predicted octanol–water partition coefficient (Wildman–Crippen LogP) is 2.64. The van der Waals surface area contributed by atoms with Crippen molar-refractivity contribution >= 4 is 0 Å². The Kier molecular flexibility index (Phi) is 4.32. The number of hydrogen-bond donors (Lipinski definition) is 2. The molecule has 0 spiro atoms. The summed E-state index contributed by atoms with van der Waals surface area (Å²) in [6, 6.07) is 11.8. The number of hydrogen-bond acceptors (Lipinski definition) is 4. The first-order chi connectivity index (χ1) is 10.7. The highest BCUT2D eigenvalue weighted by atomic mass is 16.5. The van der Waals surface area contributed by atoms with E-state index in [-0.39, 0.29) is 0 Å². The van der Waals surface area contributed by atoms with Crippen LogP contribution >= 0.6 is 0 Å². The van der Waals surface area contributed by atoms with Crippen molar-refractivity contribution in [1.29, 1.82) is 0 Å². The summed E-state index contributed by atoms with van der Waals surface area (Å²) in [6.07, 6.45) is 0. The average Bonchev–Trinajstić information content (AvgIpc) is 3.11. The molecule has 2 aromatic carbocycles. The summed E-state index contributed by atoms with van der Waals surface area (Å²) in [6.45, 7) is 3.95. The predicted molar refractivity (Wildman–Crippen MR) is 86.8 cm³/mol. The minimum Gasteiger partial charge on any atom is -0.508 e. The van der Waals surface area contributed by atoms with Crippen molar-refractivity contribution < 1.29 is 9.84 Å². The topological polar surface area (TPSA) is 44.7 Å². The molecule has 0 fully saturated rings. The molecule has 2 N–H and O–H groups in total. The molecule has 4 rings (SSSR count). The van der Waals surface area contributed by atoms with Crippen molar-refractivity contribution in [3.63, 3.8) is 0 Å². The molecule has 22 heavy (non-hydrogen) atoms. The highest BCUT2D eigenvalue weighted by Crippen LogP contribution is 2.24. The number of nitrogens with zero attached hydrogens (tertiary/aromatic N) is 1. The van der Waals surface area contributed by atoms with Gasteiger partial charge in [-0.15, -0.1) is 0 Å². The van der Waals surface area contributed by atoms with Crippen LogP contribution in [-0.2, 0) is 26.2 Å². The Morgan fingerprint density at radius 3 is 2.50 bits per heavy atom. The van der Waals surface area contributed by atoms with Crippen LogP contribution < -0.4 is 10.1 Å². The van der Waals surface area contributed by atoms with E-state index in [4.69, 9.17) is 9.84 Å². The first-order valence-electron chi connectivity index (χ1n) is 7.51. The van der Waals surface area contributed by atoms with Crippen molar-refractivity contribution in [1.82, 2.24) is 10.2 Å². The van der Waals surface area contributed by atoms with Crippen LogP contribution in [0.2, 0.25) is 0 Å². The number of phenolic OH excluding ortho intramolecular Hbond substituents is 1. The number of benzene rings is 2. The molecule has 2 aromatic rings. The Balaban J connectivity index is 0.000000131. The maximum atomic E-state index is 9.16. The van der Waals surface area contributed by atoms with Crippen molar-refractivity contribution in [2.24, 2.45) is 0 Å². The van der Waals surface area contributed by atoms with Gasteiger partial charge in [0.05, 0.1) is 7.11 Å². The second-order valence-corrected chi connectivity index (χ2v) is 5.86. The second kappa shape index (κ2) is 6.38. The highest BCUT2D eigenvalue weighted by molar-refractivity contribution is 5.38. The van der Waals surface area contributed by atoms with E-state index < -0.39 is 0 Å². The molecule has 0 bridgehead atoms. The Bertz CT molecular complexity index is 670. The summed E-state index contributed by atoms with van der Waals surface area (Å²) in [5, 5.41) is 12.4. The van der Waals surface area contributed by atoms with Gasteiger partial charge < -0.3 is 15.2 Å². The third kappa shape index (κ3) is 3.24. The van der Waals surface area contributed by atoms with Crippen LogP contribution in [0.15, 0.2) is 36.4 Å². The SMILES string of the molecule is CN1Cc2ccc(O)cc2C1.COc1ccc2c(c1)CNC2. The van der Waals surface area contributed by atoms with Crippen LogP contribution in [0, 0.1) is 0 Å². The van der Waals surface area contributed by atoms with Gasteiger partial charge in [-0.1, -0.05) is 12.1 Å². The zero-order valence-electron chi connectivity index (χ0n) is 13.1. The van der Waals surface area contributed by atoms with E-state index in [1.54, 1.807) is 13.2 Å². The number of fused-ring (bicyclic) bond motifs is 2. The molecule has 4 nitrogen and oxygen atoms in total. The molecule has 4 heteroatoms. The van der Waals surface area contributed by atoms with Gasteiger partial charge in [-0.05, 0) is 53.6 Å². The molecule has 0 saturated carbocycles. The smallest absolute Gasteiger partial charge is 0.119 e. The van der Waals surface area contributed by atoms with Crippen LogP contribution in [0.4, 0.5) is 0 Å². The molecule has 0 amide bonds. The Hall–Kier alpha value is -2.04. The summed E-state index contributed by atoms with van der Waals surface area (Å²) in [5.41, 5.74) is 5.35. The van der Waals surface area contributed by atoms with Gasteiger partial charge in [-0.2, -0.15) is 0 Å². The first-order valence-corrected chi connectivity index (χ1v) is 7.51. The Morgan fingerprint density at radius 2 is 1.68 bits per heavy atom. The molecule has 2 heterocycles. The lowest BCUT2D eigenvalue weighted by Crippen LogP contribution is -2.07.